The van der Waals surface area contributed by atoms with Gasteiger partial charge in [0.2, 0.25) is 0 Å². The van der Waals surface area contributed by atoms with Crippen LogP contribution in [-0.2, 0) is 0 Å². The van der Waals surface area contributed by atoms with E-state index in [1.54, 1.807) is 13.3 Å². The molecular formula is C16H14N4O. The molecule has 0 aliphatic carbocycles. The Hall–Kier alpha value is -2.87. The summed E-state index contributed by atoms with van der Waals surface area (Å²) in [5.41, 5.74) is 4.79. The number of imidazole rings is 1. The second-order valence-electron chi connectivity index (χ2n) is 4.81. The fourth-order valence-corrected chi connectivity index (χ4v) is 2.53. The molecule has 0 aliphatic rings. The molecule has 2 heterocycles. The molecule has 5 nitrogen and oxygen atoms in total. The van der Waals surface area contributed by atoms with Gasteiger partial charge in [-0.15, -0.1) is 0 Å². The first-order valence-corrected chi connectivity index (χ1v) is 6.54. The summed E-state index contributed by atoms with van der Waals surface area (Å²) in [7, 11) is 1.65. The van der Waals surface area contributed by atoms with Crippen LogP contribution in [0.15, 0.2) is 30.6 Å². The van der Waals surface area contributed by atoms with Crippen molar-refractivity contribution in [2.45, 2.75) is 13.8 Å². The van der Waals surface area contributed by atoms with E-state index in [1.165, 1.54) is 0 Å². The molecule has 0 amide bonds. The van der Waals surface area contributed by atoms with Crippen LogP contribution in [0.5, 0.6) is 5.75 Å². The Balaban J connectivity index is 2.33. The van der Waals surface area contributed by atoms with Gasteiger partial charge >= 0.3 is 0 Å². The number of hydrogen-bond acceptors (Lipinski definition) is 4. The summed E-state index contributed by atoms with van der Waals surface area (Å²) >= 11 is 0. The van der Waals surface area contributed by atoms with E-state index in [0.717, 1.165) is 28.3 Å². The first-order chi connectivity index (χ1) is 10.2. The molecule has 0 fully saturated rings. The SMILES string of the molecule is COc1ccc(-c2c(C)nc(C#N)c3nccn23)c(C)c1. The van der Waals surface area contributed by atoms with E-state index < -0.39 is 0 Å². The molecule has 0 aliphatic heterocycles. The second kappa shape index (κ2) is 4.91. The minimum absolute atomic E-state index is 0.340. The van der Waals surface area contributed by atoms with Gasteiger partial charge in [0.25, 0.3) is 0 Å². The Kier molecular flexibility index (Phi) is 3.07. The Morgan fingerprint density at radius 3 is 2.76 bits per heavy atom. The van der Waals surface area contributed by atoms with E-state index in [2.05, 4.69) is 16.0 Å². The predicted octanol–water partition coefficient (Wildman–Crippen LogP) is 2.89. The highest BCUT2D eigenvalue weighted by atomic mass is 16.5. The highest BCUT2D eigenvalue weighted by Gasteiger charge is 2.15. The summed E-state index contributed by atoms with van der Waals surface area (Å²) < 4.78 is 7.16. The van der Waals surface area contributed by atoms with Crippen LogP contribution in [0.25, 0.3) is 16.9 Å². The zero-order valence-electron chi connectivity index (χ0n) is 12.1. The number of fused-ring (bicyclic) bond motifs is 1. The monoisotopic (exact) mass is 278 g/mol. The van der Waals surface area contributed by atoms with Gasteiger partial charge in [0, 0.05) is 18.0 Å². The summed E-state index contributed by atoms with van der Waals surface area (Å²) in [6.07, 6.45) is 3.53. The van der Waals surface area contributed by atoms with Crippen molar-refractivity contribution in [3.63, 3.8) is 0 Å². The third kappa shape index (κ3) is 2.01. The summed E-state index contributed by atoms with van der Waals surface area (Å²) in [4.78, 5) is 8.61. The minimum atomic E-state index is 0.340. The van der Waals surface area contributed by atoms with Crippen LogP contribution >= 0.6 is 0 Å². The first kappa shape index (κ1) is 13.1. The van der Waals surface area contributed by atoms with Gasteiger partial charge in [0.15, 0.2) is 11.3 Å². The van der Waals surface area contributed by atoms with Gasteiger partial charge in [-0.05, 0) is 37.6 Å². The van der Waals surface area contributed by atoms with Gasteiger partial charge in [-0.3, -0.25) is 4.40 Å². The molecule has 0 atom stereocenters. The van der Waals surface area contributed by atoms with E-state index in [9.17, 15) is 5.26 Å². The van der Waals surface area contributed by atoms with Gasteiger partial charge in [-0.25, -0.2) is 9.97 Å². The van der Waals surface area contributed by atoms with E-state index in [1.807, 2.05) is 42.6 Å². The molecule has 21 heavy (non-hydrogen) atoms. The first-order valence-electron chi connectivity index (χ1n) is 6.54. The molecule has 0 saturated carbocycles. The smallest absolute Gasteiger partial charge is 0.184 e. The zero-order chi connectivity index (χ0) is 15.0. The van der Waals surface area contributed by atoms with Gasteiger partial charge in [0.1, 0.15) is 11.8 Å². The van der Waals surface area contributed by atoms with Gasteiger partial charge in [-0.2, -0.15) is 5.26 Å². The molecule has 0 unspecified atom stereocenters. The number of rotatable bonds is 2. The lowest BCUT2D eigenvalue weighted by Crippen LogP contribution is -2.02. The van der Waals surface area contributed by atoms with E-state index in [4.69, 9.17) is 4.74 Å². The minimum Gasteiger partial charge on any atom is -0.497 e. The third-order valence-corrected chi connectivity index (χ3v) is 3.51. The summed E-state index contributed by atoms with van der Waals surface area (Å²) in [5.74, 6) is 0.817. The number of aromatic nitrogens is 3. The lowest BCUT2D eigenvalue weighted by Gasteiger charge is -2.13. The highest BCUT2D eigenvalue weighted by Crippen LogP contribution is 2.29. The van der Waals surface area contributed by atoms with Crippen molar-refractivity contribution in [3.8, 4) is 23.1 Å². The molecule has 5 heteroatoms. The maximum absolute atomic E-state index is 9.18. The summed E-state index contributed by atoms with van der Waals surface area (Å²) in [5, 5.41) is 9.18. The largest absolute Gasteiger partial charge is 0.497 e. The van der Waals surface area contributed by atoms with Gasteiger partial charge < -0.3 is 4.74 Å². The maximum atomic E-state index is 9.18. The van der Waals surface area contributed by atoms with Crippen LogP contribution in [0.2, 0.25) is 0 Å². The van der Waals surface area contributed by atoms with Crippen LogP contribution in [0.4, 0.5) is 0 Å². The van der Waals surface area contributed by atoms with Gasteiger partial charge in [0.05, 0.1) is 18.5 Å². The molecule has 0 saturated heterocycles. The summed E-state index contributed by atoms with van der Waals surface area (Å²) in [6.45, 7) is 3.93. The average Bonchev–Trinajstić information content (AvgIpc) is 2.96. The zero-order valence-corrected chi connectivity index (χ0v) is 12.1. The second-order valence-corrected chi connectivity index (χ2v) is 4.81. The van der Waals surface area contributed by atoms with Crippen LogP contribution < -0.4 is 4.74 Å². The van der Waals surface area contributed by atoms with E-state index in [0.29, 0.717) is 11.3 Å². The number of ether oxygens (including phenoxy) is 1. The molecule has 2 aromatic heterocycles. The Bertz CT molecular complexity index is 874. The normalized spacial score (nSPS) is 10.6. The fourth-order valence-electron chi connectivity index (χ4n) is 2.53. The number of aryl methyl sites for hydroxylation is 2. The molecule has 0 N–H and O–H groups in total. The van der Waals surface area contributed by atoms with Crippen molar-refractivity contribution in [2.24, 2.45) is 0 Å². The highest BCUT2D eigenvalue weighted by molar-refractivity contribution is 5.71. The van der Waals surface area contributed by atoms with Crippen molar-refractivity contribution in [1.29, 1.82) is 5.26 Å². The van der Waals surface area contributed by atoms with Crippen molar-refractivity contribution in [2.75, 3.05) is 7.11 Å². The molecule has 0 spiro atoms. The molecule has 1 aromatic carbocycles. The van der Waals surface area contributed by atoms with Crippen LogP contribution in [-0.4, -0.2) is 21.5 Å². The number of nitriles is 1. The van der Waals surface area contributed by atoms with E-state index in [-0.39, 0.29) is 0 Å². The molecular weight excluding hydrogens is 264 g/mol. The third-order valence-electron chi connectivity index (χ3n) is 3.51. The molecule has 104 valence electrons. The Morgan fingerprint density at radius 1 is 1.29 bits per heavy atom. The predicted molar refractivity (Wildman–Crippen MR) is 79.2 cm³/mol. The lowest BCUT2D eigenvalue weighted by molar-refractivity contribution is 0.414. The van der Waals surface area contributed by atoms with Crippen LogP contribution in [0, 0.1) is 25.2 Å². The van der Waals surface area contributed by atoms with Crippen LogP contribution in [0.1, 0.15) is 17.0 Å². The quantitative estimate of drug-likeness (QED) is 0.723. The molecule has 3 aromatic rings. The number of nitrogens with zero attached hydrogens (tertiary/aromatic N) is 4. The summed E-state index contributed by atoms with van der Waals surface area (Å²) in [6, 6.07) is 8.00. The molecule has 0 radical (unpaired) electrons. The van der Waals surface area contributed by atoms with Crippen molar-refractivity contribution in [3.05, 3.63) is 47.5 Å². The number of methoxy groups -OCH3 is 1. The average molecular weight is 278 g/mol. The Labute approximate surface area is 122 Å². The lowest BCUT2D eigenvalue weighted by atomic mass is 10.0. The standard InChI is InChI=1S/C16H14N4O/c1-10-8-12(21-3)4-5-13(10)15-11(2)19-14(9-17)16-18-6-7-20(15)16/h4-8H,1-3H3. The topological polar surface area (TPSA) is 63.2 Å². The van der Waals surface area contributed by atoms with E-state index >= 15 is 0 Å². The van der Waals surface area contributed by atoms with Gasteiger partial charge in [-0.1, -0.05) is 0 Å². The number of hydrogen-bond donors (Lipinski definition) is 0. The fraction of sp³-hybridized carbons (Fsp3) is 0.188. The number of benzene rings is 1. The molecule has 3 rings (SSSR count). The van der Waals surface area contributed by atoms with Crippen LogP contribution in [0.3, 0.4) is 0 Å². The van der Waals surface area contributed by atoms with Crippen molar-refractivity contribution < 1.29 is 4.74 Å². The van der Waals surface area contributed by atoms with Crippen molar-refractivity contribution in [1.82, 2.24) is 14.4 Å². The Morgan fingerprint density at radius 2 is 2.10 bits per heavy atom. The van der Waals surface area contributed by atoms with Crippen molar-refractivity contribution >= 4 is 5.65 Å². The maximum Gasteiger partial charge on any atom is 0.184 e. The molecule has 0 bridgehead atoms.